The predicted molar refractivity (Wildman–Crippen MR) is 123 cm³/mol. The number of rotatable bonds is 5. The second kappa shape index (κ2) is 8.78. The van der Waals surface area contributed by atoms with Gasteiger partial charge in [-0.15, -0.1) is 0 Å². The van der Waals surface area contributed by atoms with Gasteiger partial charge in [0.15, 0.2) is 5.58 Å². The fraction of sp³-hybridized carbons (Fsp3) is 0.280. The number of likely N-dealkylation sites (tertiary alicyclic amines) is 1. The molecule has 1 N–H and O–H groups in total. The number of anilines is 2. The van der Waals surface area contributed by atoms with Gasteiger partial charge in [0.05, 0.1) is 11.3 Å². The Bertz CT molecular complexity index is 1200. The minimum absolute atomic E-state index is 0.00549. The van der Waals surface area contributed by atoms with Crippen molar-refractivity contribution in [1.29, 1.82) is 0 Å². The molecule has 7 heteroatoms. The van der Waals surface area contributed by atoms with Crippen LogP contribution in [0, 0.1) is 12.8 Å². The van der Waals surface area contributed by atoms with Gasteiger partial charge in [-0.05, 0) is 49.8 Å². The highest BCUT2D eigenvalue weighted by Crippen LogP contribution is 2.24. The number of hydrogen-bond donors (Lipinski definition) is 1. The number of hydrogen-bond acceptors (Lipinski definition) is 6. The van der Waals surface area contributed by atoms with Crippen molar-refractivity contribution in [3.05, 3.63) is 77.6 Å². The van der Waals surface area contributed by atoms with Crippen LogP contribution < -0.4 is 5.32 Å². The molecule has 0 radical (unpaired) electrons. The monoisotopic (exact) mass is 427 g/mol. The predicted octanol–water partition coefficient (Wildman–Crippen LogP) is 4.76. The highest BCUT2D eigenvalue weighted by atomic mass is 16.4. The number of nitrogens with zero attached hydrogens (tertiary/aromatic N) is 4. The second-order valence-corrected chi connectivity index (χ2v) is 8.23. The SMILES string of the molecule is Cc1nc(Nc2nc3ccccc3o2)ncc1C(=O)N1CCC(Cc2ccccc2)CC1. The number of piperidine rings is 1. The van der Waals surface area contributed by atoms with Gasteiger partial charge >= 0.3 is 6.01 Å². The van der Waals surface area contributed by atoms with Crippen LogP contribution in [0.4, 0.5) is 12.0 Å². The van der Waals surface area contributed by atoms with Crippen molar-refractivity contribution < 1.29 is 9.21 Å². The summed E-state index contributed by atoms with van der Waals surface area (Å²) in [4.78, 5) is 28.1. The van der Waals surface area contributed by atoms with Crippen molar-refractivity contribution >= 4 is 29.0 Å². The number of fused-ring (bicyclic) bond motifs is 1. The van der Waals surface area contributed by atoms with Crippen LogP contribution >= 0.6 is 0 Å². The summed E-state index contributed by atoms with van der Waals surface area (Å²) in [6.45, 7) is 3.35. The Balaban J connectivity index is 1.21. The van der Waals surface area contributed by atoms with Crippen LogP contribution in [0.2, 0.25) is 0 Å². The van der Waals surface area contributed by atoms with E-state index in [0.29, 0.717) is 34.7 Å². The lowest BCUT2D eigenvalue weighted by Crippen LogP contribution is -2.39. The molecule has 0 saturated carbocycles. The molecule has 1 aliphatic heterocycles. The minimum Gasteiger partial charge on any atom is -0.423 e. The minimum atomic E-state index is -0.00549. The van der Waals surface area contributed by atoms with Crippen molar-refractivity contribution in [3.8, 4) is 0 Å². The van der Waals surface area contributed by atoms with E-state index in [1.54, 1.807) is 6.20 Å². The van der Waals surface area contributed by atoms with E-state index in [-0.39, 0.29) is 5.91 Å². The van der Waals surface area contributed by atoms with Gasteiger partial charge in [-0.25, -0.2) is 9.97 Å². The van der Waals surface area contributed by atoms with Gasteiger partial charge < -0.3 is 9.32 Å². The number of aryl methyl sites for hydroxylation is 1. The Morgan fingerprint density at radius 3 is 2.56 bits per heavy atom. The molecule has 1 saturated heterocycles. The molecule has 0 bridgehead atoms. The molecule has 5 rings (SSSR count). The molecule has 4 aromatic rings. The van der Waals surface area contributed by atoms with Crippen LogP contribution in [0.25, 0.3) is 11.1 Å². The fourth-order valence-electron chi connectivity index (χ4n) is 4.22. The van der Waals surface area contributed by atoms with Crippen LogP contribution in [-0.4, -0.2) is 38.8 Å². The van der Waals surface area contributed by atoms with Crippen LogP contribution in [0.15, 0.2) is 65.2 Å². The Hall–Kier alpha value is -3.74. The summed E-state index contributed by atoms with van der Waals surface area (Å²) in [6.07, 6.45) is 4.68. The number of para-hydroxylation sites is 2. The van der Waals surface area contributed by atoms with Gasteiger partial charge in [0.1, 0.15) is 5.52 Å². The Morgan fingerprint density at radius 1 is 1.06 bits per heavy atom. The first-order valence-electron chi connectivity index (χ1n) is 10.9. The summed E-state index contributed by atoms with van der Waals surface area (Å²) < 4.78 is 5.66. The standard InChI is InChI=1S/C25H25N5O2/c1-17-20(16-26-24(27-17)29-25-28-21-9-5-6-10-22(21)32-25)23(31)30-13-11-19(12-14-30)15-18-7-3-2-4-8-18/h2-10,16,19H,11-15H2,1H3,(H,26,27,28,29). The van der Waals surface area contributed by atoms with Gasteiger partial charge in [-0.1, -0.05) is 42.5 Å². The van der Waals surface area contributed by atoms with Crippen molar-refractivity contribution in [3.63, 3.8) is 0 Å². The maximum atomic E-state index is 13.1. The Labute approximate surface area is 186 Å². The van der Waals surface area contributed by atoms with Crippen molar-refractivity contribution in [2.45, 2.75) is 26.2 Å². The van der Waals surface area contributed by atoms with Gasteiger partial charge in [-0.3, -0.25) is 10.1 Å². The van der Waals surface area contributed by atoms with E-state index in [0.717, 1.165) is 37.9 Å². The normalized spacial score (nSPS) is 14.6. The molecular formula is C25H25N5O2. The number of oxazole rings is 1. The smallest absolute Gasteiger partial charge is 0.302 e. The maximum absolute atomic E-state index is 13.1. The van der Waals surface area contributed by atoms with E-state index in [1.807, 2.05) is 42.2 Å². The molecule has 0 aliphatic carbocycles. The van der Waals surface area contributed by atoms with E-state index >= 15 is 0 Å². The molecule has 0 unspecified atom stereocenters. The van der Waals surface area contributed by atoms with Crippen molar-refractivity contribution in [2.24, 2.45) is 5.92 Å². The quantitative estimate of drug-likeness (QED) is 0.494. The number of carbonyl (C=O) groups is 1. The summed E-state index contributed by atoms with van der Waals surface area (Å²) in [7, 11) is 0. The number of carbonyl (C=O) groups excluding carboxylic acids is 1. The summed E-state index contributed by atoms with van der Waals surface area (Å²) >= 11 is 0. The highest BCUT2D eigenvalue weighted by molar-refractivity contribution is 5.95. The highest BCUT2D eigenvalue weighted by Gasteiger charge is 2.25. The molecule has 2 aromatic carbocycles. The first-order valence-corrected chi connectivity index (χ1v) is 10.9. The average molecular weight is 428 g/mol. The van der Waals surface area contributed by atoms with E-state index in [4.69, 9.17) is 4.42 Å². The van der Waals surface area contributed by atoms with Crippen LogP contribution in [0.1, 0.15) is 34.5 Å². The van der Waals surface area contributed by atoms with Gasteiger partial charge in [0.2, 0.25) is 5.95 Å². The van der Waals surface area contributed by atoms with Gasteiger partial charge in [0, 0.05) is 19.3 Å². The lowest BCUT2D eigenvalue weighted by Gasteiger charge is -2.32. The average Bonchev–Trinajstić information content (AvgIpc) is 3.22. The number of benzene rings is 2. The van der Waals surface area contributed by atoms with Crippen LogP contribution in [-0.2, 0) is 6.42 Å². The largest absolute Gasteiger partial charge is 0.423 e. The van der Waals surface area contributed by atoms with Crippen LogP contribution in [0.5, 0.6) is 0 Å². The zero-order chi connectivity index (χ0) is 21.9. The molecule has 1 fully saturated rings. The van der Waals surface area contributed by atoms with Crippen molar-refractivity contribution in [2.75, 3.05) is 18.4 Å². The molecular weight excluding hydrogens is 402 g/mol. The van der Waals surface area contributed by atoms with Crippen molar-refractivity contribution in [1.82, 2.24) is 19.9 Å². The molecule has 1 amide bonds. The van der Waals surface area contributed by atoms with Crippen LogP contribution in [0.3, 0.4) is 0 Å². The zero-order valence-electron chi connectivity index (χ0n) is 18.0. The number of aromatic nitrogens is 3. The van der Waals surface area contributed by atoms with E-state index in [2.05, 4.69) is 44.5 Å². The van der Waals surface area contributed by atoms with Gasteiger partial charge in [0.25, 0.3) is 5.91 Å². The third-order valence-electron chi connectivity index (χ3n) is 5.99. The molecule has 2 aromatic heterocycles. The first-order chi connectivity index (χ1) is 15.7. The number of amides is 1. The van der Waals surface area contributed by atoms with E-state index in [1.165, 1.54) is 5.56 Å². The zero-order valence-corrected chi connectivity index (χ0v) is 18.0. The fourth-order valence-corrected chi connectivity index (χ4v) is 4.22. The molecule has 0 spiro atoms. The molecule has 3 heterocycles. The lowest BCUT2D eigenvalue weighted by atomic mass is 9.90. The molecule has 1 aliphatic rings. The second-order valence-electron chi connectivity index (χ2n) is 8.23. The summed E-state index contributed by atoms with van der Waals surface area (Å²) in [5, 5.41) is 2.98. The molecule has 32 heavy (non-hydrogen) atoms. The Kier molecular flexibility index (Phi) is 5.54. The summed E-state index contributed by atoms with van der Waals surface area (Å²) in [5.74, 6) is 0.961. The summed E-state index contributed by atoms with van der Waals surface area (Å²) in [6, 6.07) is 18.4. The Morgan fingerprint density at radius 2 is 1.81 bits per heavy atom. The lowest BCUT2D eigenvalue weighted by molar-refractivity contribution is 0.0689. The molecule has 0 atom stereocenters. The summed E-state index contributed by atoms with van der Waals surface area (Å²) in [5.41, 5.74) is 3.98. The van der Waals surface area contributed by atoms with E-state index in [9.17, 15) is 4.79 Å². The molecule has 7 nitrogen and oxygen atoms in total. The first kappa shape index (κ1) is 20.2. The van der Waals surface area contributed by atoms with E-state index < -0.39 is 0 Å². The maximum Gasteiger partial charge on any atom is 0.302 e. The number of nitrogens with one attached hydrogen (secondary N) is 1. The van der Waals surface area contributed by atoms with Gasteiger partial charge in [-0.2, -0.15) is 4.98 Å². The molecule has 162 valence electrons. The third kappa shape index (κ3) is 4.32. The topological polar surface area (TPSA) is 84.1 Å². The third-order valence-corrected chi connectivity index (χ3v) is 5.99.